The van der Waals surface area contributed by atoms with Gasteiger partial charge in [-0.25, -0.2) is 0 Å². The fourth-order valence-corrected chi connectivity index (χ4v) is 3.57. The van der Waals surface area contributed by atoms with E-state index in [1.807, 2.05) is 0 Å². The molecule has 1 aliphatic carbocycles. The molecule has 17 heavy (non-hydrogen) atoms. The number of nitrogens with zero attached hydrogens (tertiary/aromatic N) is 2. The Labute approximate surface area is 103 Å². The SMILES string of the molecule is O=C(O)CC1CCCN1C1CCN(C2CC2)C1. The molecule has 0 spiro atoms. The van der Waals surface area contributed by atoms with Gasteiger partial charge in [0.1, 0.15) is 0 Å². The van der Waals surface area contributed by atoms with Crippen LogP contribution in [0, 0.1) is 0 Å². The van der Waals surface area contributed by atoms with E-state index in [0.29, 0.717) is 18.5 Å². The third kappa shape index (κ3) is 2.47. The van der Waals surface area contributed by atoms with E-state index < -0.39 is 5.97 Å². The molecule has 0 aromatic rings. The minimum atomic E-state index is -0.640. The van der Waals surface area contributed by atoms with E-state index in [2.05, 4.69) is 9.80 Å². The van der Waals surface area contributed by atoms with Crippen molar-refractivity contribution in [3.63, 3.8) is 0 Å². The largest absolute Gasteiger partial charge is 0.481 e. The maximum absolute atomic E-state index is 10.9. The van der Waals surface area contributed by atoms with Gasteiger partial charge in [0.05, 0.1) is 6.42 Å². The van der Waals surface area contributed by atoms with E-state index >= 15 is 0 Å². The summed E-state index contributed by atoms with van der Waals surface area (Å²) in [5, 5.41) is 8.95. The second kappa shape index (κ2) is 4.58. The van der Waals surface area contributed by atoms with Crippen molar-refractivity contribution in [2.24, 2.45) is 0 Å². The van der Waals surface area contributed by atoms with Crippen molar-refractivity contribution in [3.05, 3.63) is 0 Å². The highest BCUT2D eigenvalue weighted by molar-refractivity contribution is 5.67. The van der Waals surface area contributed by atoms with Gasteiger partial charge in [-0.05, 0) is 38.6 Å². The monoisotopic (exact) mass is 238 g/mol. The second-order valence-electron chi connectivity index (χ2n) is 5.80. The molecule has 0 bridgehead atoms. The second-order valence-corrected chi connectivity index (χ2v) is 5.80. The molecule has 2 atom stereocenters. The summed E-state index contributed by atoms with van der Waals surface area (Å²) in [6, 6.07) is 1.79. The number of aliphatic carboxylic acids is 1. The Morgan fingerprint density at radius 1 is 1.12 bits per heavy atom. The minimum Gasteiger partial charge on any atom is -0.481 e. The quantitative estimate of drug-likeness (QED) is 0.798. The lowest BCUT2D eigenvalue weighted by molar-refractivity contribution is -0.138. The molecule has 4 nitrogen and oxygen atoms in total. The van der Waals surface area contributed by atoms with E-state index in [-0.39, 0.29) is 0 Å². The van der Waals surface area contributed by atoms with Crippen molar-refractivity contribution >= 4 is 5.97 Å². The van der Waals surface area contributed by atoms with Crippen LogP contribution in [0.25, 0.3) is 0 Å². The Kier molecular flexibility index (Phi) is 3.09. The summed E-state index contributed by atoms with van der Waals surface area (Å²) in [5.74, 6) is -0.640. The van der Waals surface area contributed by atoms with Crippen molar-refractivity contribution in [1.29, 1.82) is 0 Å². The van der Waals surface area contributed by atoms with E-state index in [1.165, 1.54) is 38.8 Å². The zero-order valence-corrected chi connectivity index (χ0v) is 10.3. The van der Waals surface area contributed by atoms with Crippen LogP contribution < -0.4 is 0 Å². The first kappa shape index (κ1) is 11.5. The lowest BCUT2D eigenvalue weighted by Crippen LogP contribution is -2.42. The summed E-state index contributed by atoms with van der Waals surface area (Å²) >= 11 is 0. The molecule has 1 saturated carbocycles. The predicted molar refractivity (Wildman–Crippen MR) is 65.0 cm³/mol. The summed E-state index contributed by atoms with van der Waals surface area (Å²) in [6.07, 6.45) is 6.59. The lowest BCUT2D eigenvalue weighted by atomic mass is 10.1. The zero-order chi connectivity index (χ0) is 11.8. The van der Waals surface area contributed by atoms with Gasteiger partial charge in [0, 0.05) is 31.2 Å². The van der Waals surface area contributed by atoms with E-state index in [0.717, 1.165) is 19.0 Å². The molecular formula is C13H22N2O2. The first-order valence-electron chi connectivity index (χ1n) is 6.95. The van der Waals surface area contributed by atoms with Crippen LogP contribution in [0.3, 0.4) is 0 Å². The van der Waals surface area contributed by atoms with Crippen molar-refractivity contribution in [3.8, 4) is 0 Å². The van der Waals surface area contributed by atoms with Crippen molar-refractivity contribution in [2.45, 2.75) is 56.7 Å². The molecule has 96 valence electrons. The summed E-state index contributed by atoms with van der Waals surface area (Å²) in [7, 11) is 0. The standard InChI is InChI=1S/C13H22N2O2/c16-13(17)8-11-2-1-6-15(11)12-5-7-14(9-12)10-3-4-10/h10-12H,1-9H2,(H,16,17). The maximum Gasteiger partial charge on any atom is 0.304 e. The third-order valence-electron chi connectivity index (χ3n) is 4.56. The van der Waals surface area contributed by atoms with E-state index in [9.17, 15) is 4.79 Å². The average Bonchev–Trinajstić information content (AvgIpc) is 2.85. The maximum atomic E-state index is 10.9. The fourth-order valence-electron chi connectivity index (χ4n) is 3.57. The molecule has 1 N–H and O–H groups in total. The smallest absolute Gasteiger partial charge is 0.304 e. The van der Waals surface area contributed by atoms with Crippen molar-refractivity contribution in [2.75, 3.05) is 19.6 Å². The fraction of sp³-hybridized carbons (Fsp3) is 0.923. The zero-order valence-electron chi connectivity index (χ0n) is 10.3. The minimum absolute atomic E-state index is 0.302. The molecule has 3 aliphatic rings. The molecular weight excluding hydrogens is 216 g/mol. The van der Waals surface area contributed by atoms with Gasteiger partial charge in [0.15, 0.2) is 0 Å². The van der Waals surface area contributed by atoms with Gasteiger partial charge in [-0.15, -0.1) is 0 Å². The molecule has 4 heteroatoms. The molecule has 0 aromatic carbocycles. The van der Waals surface area contributed by atoms with Crippen molar-refractivity contribution in [1.82, 2.24) is 9.80 Å². The summed E-state index contributed by atoms with van der Waals surface area (Å²) in [4.78, 5) is 16.0. The van der Waals surface area contributed by atoms with Crippen LogP contribution in [0.15, 0.2) is 0 Å². The average molecular weight is 238 g/mol. The van der Waals surface area contributed by atoms with Crippen LogP contribution in [-0.2, 0) is 4.79 Å². The van der Waals surface area contributed by atoms with Crippen LogP contribution in [-0.4, -0.2) is 58.6 Å². The Morgan fingerprint density at radius 3 is 2.65 bits per heavy atom. The Balaban J connectivity index is 1.57. The van der Waals surface area contributed by atoms with Crippen LogP contribution in [0.5, 0.6) is 0 Å². The molecule has 3 rings (SSSR count). The van der Waals surface area contributed by atoms with Gasteiger partial charge in [0.25, 0.3) is 0 Å². The number of carboxylic acids is 1. The molecule has 2 aliphatic heterocycles. The summed E-state index contributed by atoms with van der Waals surface area (Å²) in [6.45, 7) is 3.52. The Morgan fingerprint density at radius 2 is 1.94 bits per heavy atom. The molecule has 2 saturated heterocycles. The van der Waals surface area contributed by atoms with E-state index in [4.69, 9.17) is 5.11 Å². The van der Waals surface area contributed by atoms with Crippen LogP contribution in [0.1, 0.15) is 38.5 Å². The van der Waals surface area contributed by atoms with Crippen LogP contribution in [0.2, 0.25) is 0 Å². The molecule has 0 aromatic heterocycles. The number of likely N-dealkylation sites (tertiary alicyclic amines) is 2. The summed E-state index contributed by atoms with van der Waals surface area (Å²) < 4.78 is 0. The number of rotatable bonds is 4. The van der Waals surface area contributed by atoms with Gasteiger partial charge in [-0.3, -0.25) is 14.6 Å². The van der Waals surface area contributed by atoms with Crippen molar-refractivity contribution < 1.29 is 9.90 Å². The highest BCUT2D eigenvalue weighted by Crippen LogP contribution is 2.33. The molecule has 2 heterocycles. The van der Waals surface area contributed by atoms with Crippen LogP contribution in [0.4, 0.5) is 0 Å². The number of hydrogen-bond donors (Lipinski definition) is 1. The normalized spacial score (nSPS) is 35.5. The van der Waals surface area contributed by atoms with Gasteiger partial charge < -0.3 is 5.11 Å². The first-order chi connectivity index (χ1) is 8.24. The highest BCUT2D eigenvalue weighted by atomic mass is 16.4. The van der Waals surface area contributed by atoms with Gasteiger partial charge in [0.2, 0.25) is 0 Å². The van der Waals surface area contributed by atoms with Gasteiger partial charge in [-0.2, -0.15) is 0 Å². The molecule has 2 unspecified atom stereocenters. The van der Waals surface area contributed by atoms with Gasteiger partial charge in [-0.1, -0.05) is 0 Å². The Bertz CT molecular complexity index is 304. The number of carbonyl (C=O) groups is 1. The number of hydrogen-bond acceptors (Lipinski definition) is 3. The first-order valence-corrected chi connectivity index (χ1v) is 6.95. The predicted octanol–water partition coefficient (Wildman–Crippen LogP) is 1.16. The van der Waals surface area contributed by atoms with Gasteiger partial charge >= 0.3 is 5.97 Å². The topological polar surface area (TPSA) is 43.8 Å². The molecule has 0 radical (unpaired) electrons. The molecule has 3 fully saturated rings. The van der Waals surface area contributed by atoms with Crippen LogP contribution >= 0.6 is 0 Å². The third-order valence-corrected chi connectivity index (χ3v) is 4.56. The molecule has 0 amide bonds. The Hall–Kier alpha value is -0.610. The summed E-state index contributed by atoms with van der Waals surface area (Å²) in [5.41, 5.74) is 0. The lowest BCUT2D eigenvalue weighted by Gasteiger charge is -2.29. The van der Waals surface area contributed by atoms with E-state index in [1.54, 1.807) is 0 Å². The highest BCUT2D eigenvalue weighted by Gasteiger charge is 2.39. The number of carboxylic acid groups (broad SMARTS) is 1.